The minimum atomic E-state index is 0.610. The van der Waals surface area contributed by atoms with Crippen molar-refractivity contribution < 1.29 is 4.74 Å². The summed E-state index contributed by atoms with van der Waals surface area (Å²) in [4.78, 5) is 0. The van der Waals surface area contributed by atoms with Crippen molar-refractivity contribution in [3.8, 4) is 0 Å². The van der Waals surface area contributed by atoms with Gasteiger partial charge in [0.2, 0.25) is 0 Å². The zero-order valence-electron chi connectivity index (χ0n) is 13.1. The van der Waals surface area contributed by atoms with E-state index in [-0.39, 0.29) is 0 Å². The molecule has 1 saturated carbocycles. The summed E-state index contributed by atoms with van der Waals surface area (Å²) in [6.45, 7) is 6.25. The van der Waals surface area contributed by atoms with E-state index in [1.54, 1.807) is 7.11 Å². The van der Waals surface area contributed by atoms with Crippen LogP contribution in [0.2, 0.25) is 0 Å². The predicted molar refractivity (Wildman–Crippen MR) is 82.9 cm³/mol. The minimum absolute atomic E-state index is 0.610. The third kappa shape index (κ3) is 4.51. The molecule has 2 atom stereocenters. The van der Waals surface area contributed by atoms with E-state index in [2.05, 4.69) is 30.5 Å². The molecule has 1 aliphatic carbocycles. The lowest BCUT2D eigenvalue weighted by molar-refractivity contribution is 0.183. The Kier molecular flexibility index (Phi) is 5.89. The average Bonchev–Trinajstić information content (AvgIpc) is 2.72. The van der Waals surface area contributed by atoms with Crippen molar-refractivity contribution in [3.05, 3.63) is 12.4 Å². The maximum absolute atomic E-state index is 5.07. The van der Waals surface area contributed by atoms with Crippen molar-refractivity contribution in [1.29, 1.82) is 0 Å². The Morgan fingerprint density at radius 1 is 1.35 bits per heavy atom. The van der Waals surface area contributed by atoms with Crippen LogP contribution in [0.5, 0.6) is 0 Å². The summed E-state index contributed by atoms with van der Waals surface area (Å²) in [5, 5.41) is 8.01. The number of methoxy groups -OCH3 is 1. The number of aromatic nitrogens is 2. The van der Waals surface area contributed by atoms with Crippen molar-refractivity contribution in [2.75, 3.05) is 19.0 Å². The molecule has 0 aromatic carbocycles. The molecule has 0 saturated heterocycles. The second-order valence-corrected chi connectivity index (χ2v) is 6.34. The SMILES string of the molecule is COCCn1cc(NC2CCCC(C(C)C)CC2)cn1. The van der Waals surface area contributed by atoms with Crippen LogP contribution in [0.3, 0.4) is 0 Å². The fraction of sp³-hybridized carbons (Fsp3) is 0.812. The molecule has 114 valence electrons. The fourth-order valence-electron chi connectivity index (χ4n) is 3.12. The number of hydrogen-bond donors (Lipinski definition) is 1. The van der Waals surface area contributed by atoms with Crippen LogP contribution in [0.15, 0.2) is 12.4 Å². The lowest BCUT2D eigenvalue weighted by Crippen LogP contribution is -2.18. The van der Waals surface area contributed by atoms with Crippen LogP contribution in [0.1, 0.15) is 46.0 Å². The lowest BCUT2D eigenvalue weighted by atomic mass is 9.89. The maximum Gasteiger partial charge on any atom is 0.0728 e. The van der Waals surface area contributed by atoms with Gasteiger partial charge in [0.15, 0.2) is 0 Å². The van der Waals surface area contributed by atoms with Crippen molar-refractivity contribution in [1.82, 2.24) is 9.78 Å². The number of rotatable bonds is 6. The third-order valence-electron chi connectivity index (χ3n) is 4.48. The molecule has 1 fully saturated rings. The van der Waals surface area contributed by atoms with Crippen LogP contribution in [0.25, 0.3) is 0 Å². The molecule has 0 radical (unpaired) electrons. The van der Waals surface area contributed by atoms with Gasteiger partial charge in [-0.25, -0.2) is 0 Å². The lowest BCUT2D eigenvalue weighted by Gasteiger charge is -2.19. The molecule has 1 heterocycles. The van der Waals surface area contributed by atoms with E-state index in [1.165, 1.54) is 32.1 Å². The van der Waals surface area contributed by atoms with Gasteiger partial charge in [-0.1, -0.05) is 26.7 Å². The van der Waals surface area contributed by atoms with E-state index in [9.17, 15) is 0 Å². The topological polar surface area (TPSA) is 39.1 Å². The Morgan fingerprint density at radius 3 is 2.95 bits per heavy atom. The normalized spacial score (nSPS) is 23.8. The summed E-state index contributed by atoms with van der Waals surface area (Å²) in [6, 6.07) is 0.610. The van der Waals surface area contributed by atoms with Crippen molar-refractivity contribution in [2.45, 2.75) is 58.5 Å². The molecule has 1 N–H and O–H groups in total. The Hall–Kier alpha value is -1.03. The Balaban J connectivity index is 1.82. The van der Waals surface area contributed by atoms with Gasteiger partial charge in [0, 0.05) is 19.3 Å². The molecule has 0 aliphatic heterocycles. The number of anilines is 1. The summed E-state index contributed by atoms with van der Waals surface area (Å²) in [5.41, 5.74) is 1.15. The number of nitrogens with one attached hydrogen (secondary N) is 1. The first-order chi connectivity index (χ1) is 9.69. The molecular weight excluding hydrogens is 250 g/mol. The van der Waals surface area contributed by atoms with Crippen LogP contribution < -0.4 is 5.32 Å². The van der Waals surface area contributed by atoms with Crippen molar-refractivity contribution in [3.63, 3.8) is 0 Å². The van der Waals surface area contributed by atoms with Crippen LogP contribution in [-0.4, -0.2) is 29.5 Å². The molecule has 0 spiro atoms. The Labute approximate surface area is 122 Å². The fourth-order valence-corrected chi connectivity index (χ4v) is 3.12. The average molecular weight is 279 g/mol. The highest BCUT2D eigenvalue weighted by atomic mass is 16.5. The molecule has 4 heteroatoms. The first kappa shape index (κ1) is 15.4. The molecule has 20 heavy (non-hydrogen) atoms. The van der Waals surface area contributed by atoms with Gasteiger partial charge in [0.1, 0.15) is 0 Å². The highest BCUT2D eigenvalue weighted by Crippen LogP contribution is 2.30. The standard InChI is InChI=1S/C16H29N3O/c1-13(2)14-5-4-6-15(8-7-14)18-16-11-17-19(12-16)9-10-20-3/h11-15,18H,4-10H2,1-3H3. The van der Waals surface area contributed by atoms with Gasteiger partial charge in [-0.15, -0.1) is 0 Å². The van der Waals surface area contributed by atoms with Crippen LogP contribution in [-0.2, 0) is 11.3 Å². The van der Waals surface area contributed by atoms with Gasteiger partial charge in [-0.2, -0.15) is 5.10 Å². The van der Waals surface area contributed by atoms with Crippen LogP contribution in [0.4, 0.5) is 5.69 Å². The van der Waals surface area contributed by atoms with Gasteiger partial charge in [0.25, 0.3) is 0 Å². The first-order valence-electron chi connectivity index (χ1n) is 7.97. The van der Waals surface area contributed by atoms with Gasteiger partial charge >= 0.3 is 0 Å². The Morgan fingerprint density at radius 2 is 2.20 bits per heavy atom. The van der Waals surface area contributed by atoms with Gasteiger partial charge in [-0.05, 0) is 31.1 Å². The summed E-state index contributed by atoms with van der Waals surface area (Å²) in [7, 11) is 1.72. The molecule has 0 amide bonds. The molecule has 4 nitrogen and oxygen atoms in total. The largest absolute Gasteiger partial charge is 0.383 e. The zero-order chi connectivity index (χ0) is 14.4. The second kappa shape index (κ2) is 7.67. The molecular formula is C16H29N3O. The maximum atomic E-state index is 5.07. The van der Waals surface area contributed by atoms with E-state index in [1.807, 2.05) is 10.9 Å². The Bertz CT molecular complexity index is 389. The molecule has 2 unspecified atom stereocenters. The number of nitrogens with zero attached hydrogens (tertiary/aromatic N) is 2. The smallest absolute Gasteiger partial charge is 0.0728 e. The van der Waals surface area contributed by atoms with Crippen LogP contribution >= 0.6 is 0 Å². The number of hydrogen-bond acceptors (Lipinski definition) is 3. The highest BCUT2D eigenvalue weighted by molar-refractivity contribution is 5.39. The molecule has 1 aliphatic rings. The van der Waals surface area contributed by atoms with E-state index >= 15 is 0 Å². The quantitative estimate of drug-likeness (QED) is 0.809. The second-order valence-electron chi connectivity index (χ2n) is 6.34. The molecule has 0 bridgehead atoms. The number of ether oxygens (including phenoxy) is 1. The van der Waals surface area contributed by atoms with E-state index < -0.39 is 0 Å². The van der Waals surface area contributed by atoms with Gasteiger partial charge in [-0.3, -0.25) is 4.68 Å². The monoisotopic (exact) mass is 279 g/mol. The zero-order valence-corrected chi connectivity index (χ0v) is 13.1. The molecule has 1 aromatic heterocycles. The summed E-state index contributed by atoms with van der Waals surface area (Å²) < 4.78 is 7.02. The van der Waals surface area contributed by atoms with E-state index in [4.69, 9.17) is 4.74 Å². The molecule has 1 aromatic rings. The summed E-state index contributed by atoms with van der Waals surface area (Å²) in [5.74, 6) is 1.73. The highest BCUT2D eigenvalue weighted by Gasteiger charge is 2.21. The summed E-state index contributed by atoms with van der Waals surface area (Å²) >= 11 is 0. The minimum Gasteiger partial charge on any atom is -0.383 e. The van der Waals surface area contributed by atoms with Crippen LogP contribution in [0, 0.1) is 11.8 Å². The molecule has 2 rings (SSSR count). The van der Waals surface area contributed by atoms with Crippen molar-refractivity contribution >= 4 is 5.69 Å². The van der Waals surface area contributed by atoms with E-state index in [0.717, 1.165) is 24.1 Å². The third-order valence-corrected chi connectivity index (χ3v) is 4.48. The predicted octanol–water partition coefficient (Wildman–Crippen LogP) is 3.55. The van der Waals surface area contributed by atoms with Crippen molar-refractivity contribution in [2.24, 2.45) is 11.8 Å². The first-order valence-corrected chi connectivity index (χ1v) is 7.97. The van der Waals surface area contributed by atoms with Gasteiger partial charge < -0.3 is 10.1 Å². The van der Waals surface area contributed by atoms with Gasteiger partial charge in [0.05, 0.1) is 25.0 Å². The summed E-state index contributed by atoms with van der Waals surface area (Å²) in [6.07, 6.45) is 10.7. The van der Waals surface area contributed by atoms with E-state index in [0.29, 0.717) is 12.6 Å².